The Morgan fingerprint density at radius 1 is 0.885 bits per heavy atom. The molecule has 5 nitrogen and oxygen atoms in total. The van der Waals surface area contributed by atoms with Crippen molar-refractivity contribution in [2.24, 2.45) is 0 Å². The summed E-state index contributed by atoms with van der Waals surface area (Å²) in [6.45, 7) is 0.306. The van der Waals surface area contributed by atoms with Crippen molar-refractivity contribution < 1.29 is 14.4 Å². The van der Waals surface area contributed by atoms with Crippen LogP contribution in [-0.2, 0) is 11.4 Å². The van der Waals surface area contributed by atoms with E-state index in [0.717, 1.165) is 17.0 Å². The highest BCUT2D eigenvalue weighted by Crippen LogP contribution is 2.23. The van der Waals surface area contributed by atoms with Crippen molar-refractivity contribution in [3.05, 3.63) is 90.0 Å². The predicted octanol–water partition coefficient (Wildman–Crippen LogP) is 4.30. The molecular weight excluding hydrogens is 328 g/mol. The average Bonchev–Trinajstić information content (AvgIpc) is 2.70. The first-order valence-corrected chi connectivity index (χ1v) is 8.22. The van der Waals surface area contributed by atoms with Gasteiger partial charge in [-0.05, 0) is 42.0 Å². The summed E-state index contributed by atoms with van der Waals surface area (Å²) in [5.41, 5.74) is 5.52. The first-order valence-electron chi connectivity index (χ1n) is 8.22. The molecule has 0 spiro atoms. The van der Waals surface area contributed by atoms with Gasteiger partial charge >= 0.3 is 0 Å². The molecule has 0 unspecified atom stereocenters. The SMILES string of the molecule is COc1ccc(Nc2ccccc2C(=O)NOCc2ccccc2)cc1. The Kier molecular flexibility index (Phi) is 5.85. The smallest absolute Gasteiger partial charge is 0.276 e. The van der Waals surface area contributed by atoms with Crippen LogP contribution >= 0.6 is 0 Å². The topological polar surface area (TPSA) is 59.6 Å². The van der Waals surface area contributed by atoms with Crippen molar-refractivity contribution in [3.8, 4) is 5.75 Å². The number of para-hydroxylation sites is 1. The van der Waals surface area contributed by atoms with Crippen LogP contribution in [0.5, 0.6) is 5.75 Å². The molecule has 3 aromatic rings. The highest BCUT2D eigenvalue weighted by Gasteiger charge is 2.11. The number of ether oxygens (including phenoxy) is 1. The van der Waals surface area contributed by atoms with Crippen LogP contribution in [0.25, 0.3) is 0 Å². The summed E-state index contributed by atoms with van der Waals surface area (Å²) >= 11 is 0. The molecule has 0 radical (unpaired) electrons. The van der Waals surface area contributed by atoms with E-state index >= 15 is 0 Å². The monoisotopic (exact) mass is 348 g/mol. The molecule has 26 heavy (non-hydrogen) atoms. The van der Waals surface area contributed by atoms with Gasteiger partial charge in [0, 0.05) is 5.69 Å². The summed E-state index contributed by atoms with van der Waals surface area (Å²) in [7, 11) is 1.62. The molecular formula is C21H20N2O3. The third kappa shape index (κ3) is 4.62. The number of anilines is 2. The van der Waals surface area contributed by atoms with E-state index in [0.29, 0.717) is 17.9 Å². The van der Waals surface area contributed by atoms with E-state index in [9.17, 15) is 4.79 Å². The fourth-order valence-electron chi connectivity index (χ4n) is 2.43. The van der Waals surface area contributed by atoms with Crippen molar-refractivity contribution in [1.82, 2.24) is 5.48 Å². The number of hydrogen-bond donors (Lipinski definition) is 2. The minimum atomic E-state index is -0.308. The van der Waals surface area contributed by atoms with E-state index in [-0.39, 0.29) is 5.91 Å². The Bertz CT molecular complexity index is 849. The van der Waals surface area contributed by atoms with E-state index in [4.69, 9.17) is 9.57 Å². The maximum atomic E-state index is 12.5. The molecule has 1 amide bonds. The number of nitrogens with one attached hydrogen (secondary N) is 2. The molecule has 0 aliphatic heterocycles. The van der Waals surface area contributed by atoms with E-state index in [1.807, 2.05) is 72.8 Å². The number of amides is 1. The average molecular weight is 348 g/mol. The number of rotatable bonds is 7. The quantitative estimate of drug-likeness (QED) is 0.625. The Morgan fingerprint density at radius 3 is 2.31 bits per heavy atom. The maximum absolute atomic E-state index is 12.5. The van der Waals surface area contributed by atoms with Gasteiger partial charge in [0.05, 0.1) is 25.0 Å². The van der Waals surface area contributed by atoms with Crippen molar-refractivity contribution in [2.75, 3.05) is 12.4 Å². The zero-order chi connectivity index (χ0) is 18.2. The molecule has 132 valence electrons. The predicted molar refractivity (Wildman–Crippen MR) is 101 cm³/mol. The van der Waals surface area contributed by atoms with Crippen LogP contribution in [0.4, 0.5) is 11.4 Å². The molecule has 3 rings (SSSR count). The second-order valence-corrected chi connectivity index (χ2v) is 5.60. The number of carbonyl (C=O) groups excluding carboxylic acids is 1. The second kappa shape index (κ2) is 8.69. The van der Waals surface area contributed by atoms with Crippen molar-refractivity contribution in [1.29, 1.82) is 0 Å². The van der Waals surface area contributed by atoms with Crippen LogP contribution in [0.15, 0.2) is 78.9 Å². The Balaban J connectivity index is 1.64. The van der Waals surface area contributed by atoms with E-state index in [1.54, 1.807) is 13.2 Å². The molecule has 0 saturated carbocycles. The summed E-state index contributed by atoms with van der Waals surface area (Å²) in [6, 6.07) is 24.4. The molecule has 3 aromatic carbocycles. The first kappa shape index (κ1) is 17.5. The number of carbonyl (C=O) groups is 1. The van der Waals surface area contributed by atoms with Gasteiger partial charge in [-0.1, -0.05) is 42.5 Å². The van der Waals surface area contributed by atoms with Crippen LogP contribution in [0.2, 0.25) is 0 Å². The lowest BCUT2D eigenvalue weighted by molar-refractivity contribution is 0.0234. The Hall–Kier alpha value is -3.31. The van der Waals surface area contributed by atoms with E-state index in [2.05, 4.69) is 10.8 Å². The molecule has 0 aliphatic carbocycles. The molecule has 0 aliphatic rings. The third-order valence-corrected chi connectivity index (χ3v) is 3.79. The van der Waals surface area contributed by atoms with Crippen LogP contribution in [0.3, 0.4) is 0 Å². The Morgan fingerprint density at radius 2 is 1.58 bits per heavy atom. The number of methoxy groups -OCH3 is 1. The standard InChI is InChI=1S/C21H20N2O3/c1-25-18-13-11-17(12-14-18)22-20-10-6-5-9-19(20)21(24)23-26-15-16-7-3-2-4-8-16/h2-14,22H,15H2,1H3,(H,23,24). The molecule has 5 heteroatoms. The highest BCUT2D eigenvalue weighted by molar-refractivity contribution is 5.99. The normalized spacial score (nSPS) is 10.2. The Labute approximate surface area is 152 Å². The summed E-state index contributed by atoms with van der Waals surface area (Å²) in [4.78, 5) is 17.8. The van der Waals surface area contributed by atoms with Crippen LogP contribution in [-0.4, -0.2) is 13.0 Å². The van der Waals surface area contributed by atoms with Gasteiger partial charge in [0.2, 0.25) is 0 Å². The van der Waals surface area contributed by atoms with Gasteiger partial charge in [-0.2, -0.15) is 0 Å². The second-order valence-electron chi connectivity index (χ2n) is 5.60. The van der Waals surface area contributed by atoms with Crippen molar-refractivity contribution in [3.63, 3.8) is 0 Å². The van der Waals surface area contributed by atoms with Crippen LogP contribution < -0.4 is 15.5 Å². The number of hydroxylamine groups is 1. The summed E-state index contributed by atoms with van der Waals surface area (Å²) in [5.74, 6) is 0.466. The largest absolute Gasteiger partial charge is 0.497 e. The van der Waals surface area contributed by atoms with Crippen LogP contribution in [0.1, 0.15) is 15.9 Å². The van der Waals surface area contributed by atoms with Gasteiger partial charge in [-0.25, -0.2) is 5.48 Å². The lowest BCUT2D eigenvalue weighted by atomic mass is 10.1. The summed E-state index contributed by atoms with van der Waals surface area (Å²) < 4.78 is 5.15. The minimum absolute atomic E-state index is 0.306. The molecule has 0 bridgehead atoms. The summed E-state index contributed by atoms with van der Waals surface area (Å²) in [6.07, 6.45) is 0. The van der Waals surface area contributed by atoms with Crippen LogP contribution in [0, 0.1) is 0 Å². The van der Waals surface area contributed by atoms with Gasteiger partial charge in [-0.15, -0.1) is 0 Å². The van der Waals surface area contributed by atoms with Gasteiger partial charge in [-0.3, -0.25) is 9.63 Å². The highest BCUT2D eigenvalue weighted by atomic mass is 16.6. The minimum Gasteiger partial charge on any atom is -0.497 e. The molecule has 0 aromatic heterocycles. The maximum Gasteiger partial charge on any atom is 0.276 e. The van der Waals surface area contributed by atoms with Gasteiger partial charge in [0.1, 0.15) is 5.75 Å². The lowest BCUT2D eigenvalue weighted by Gasteiger charge is -2.12. The molecule has 2 N–H and O–H groups in total. The molecule has 0 fully saturated rings. The first-order chi connectivity index (χ1) is 12.8. The molecule has 0 atom stereocenters. The van der Waals surface area contributed by atoms with Gasteiger partial charge in [0.25, 0.3) is 5.91 Å². The fraction of sp³-hybridized carbons (Fsp3) is 0.0952. The number of hydrogen-bond acceptors (Lipinski definition) is 4. The molecule has 0 saturated heterocycles. The number of benzene rings is 3. The third-order valence-electron chi connectivity index (χ3n) is 3.79. The zero-order valence-corrected chi connectivity index (χ0v) is 14.4. The van der Waals surface area contributed by atoms with Crippen molar-refractivity contribution >= 4 is 17.3 Å². The zero-order valence-electron chi connectivity index (χ0n) is 14.4. The van der Waals surface area contributed by atoms with Gasteiger partial charge in [0.15, 0.2) is 0 Å². The van der Waals surface area contributed by atoms with Gasteiger partial charge < -0.3 is 10.1 Å². The summed E-state index contributed by atoms with van der Waals surface area (Å²) in [5, 5.41) is 3.24. The van der Waals surface area contributed by atoms with Crippen molar-refractivity contribution in [2.45, 2.75) is 6.61 Å². The van der Waals surface area contributed by atoms with E-state index in [1.165, 1.54) is 0 Å². The fourth-order valence-corrected chi connectivity index (χ4v) is 2.43. The molecule has 0 heterocycles. The van der Waals surface area contributed by atoms with E-state index < -0.39 is 0 Å². The lowest BCUT2D eigenvalue weighted by Crippen LogP contribution is -2.24.